The second-order valence-corrected chi connectivity index (χ2v) is 10.3. The Morgan fingerprint density at radius 1 is 1.03 bits per heavy atom. The molecule has 2 aromatic heterocycles. The summed E-state index contributed by atoms with van der Waals surface area (Å²) in [7, 11) is 0. The lowest BCUT2D eigenvalue weighted by atomic mass is 10.1. The third kappa shape index (κ3) is 6.65. The fraction of sp³-hybridized carbons (Fsp3) is 0.500. The molecule has 3 heterocycles. The molecule has 3 aromatic rings. The number of hydrogen-bond donors (Lipinski definition) is 0. The lowest BCUT2D eigenvalue weighted by Crippen LogP contribution is -2.38. The van der Waals surface area contributed by atoms with Crippen LogP contribution in [0.25, 0.3) is 5.70 Å². The minimum atomic E-state index is 0.187. The summed E-state index contributed by atoms with van der Waals surface area (Å²) >= 11 is 0. The van der Waals surface area contributed by atoms with Crippen LogP contribution in [-0.4, -0.2) is 66.6 Å². The number of allylic oxidation sites excluding steroid dienone is 3. The fourth-order valence-corrected chi connectivity index (χ4v) is 5.93. The van der Waals surface area contributed by atoms with Crippen LogP contribution in [0.5, 0.6) is 0 Å². The van der Waals surface area contributed by atoms with E-state index in [2.05, 4.69) is 80.0 Å². The zero-order valence-corrected chi connectivity index (χ0v) is 22.2. The van der Waals surface area contributed by atoms with Gasteiger partial charge in [-0.1, -0.05) is 62.2 Å². The number of aromatic nitrogens is 5. The van der Waals surface area contributed by atoms with Gasteiger partial charge >= 0.3 is 0 Å². The van der Waals surface area contributed by atoms with E-state index in [9.17, 15) is 0 Å². The van der Waals surface area contributed by atoms with Gasteiger partial charge in [0.2, 0.25) is 0 Å². The van der Waals surface area contributed by atoms with Gasteiger partial charge in [-0.05, 0) is 56.4 Å². The summed E-state index contributed by atoms with van der Waals surface area (Å²) in [5, 5.41) is 13.5. The molecule has 37 heavy (non-hydrogen) atoms. The maximum absolute atomic E-state index is 4.69. The van der Waals surface area contributed by atoms with Crippen LogP contribution in [0.4, 0.5) is 0 Å². The van der Waals surface area contributed by atoms with Gasteiger partial charge < -0.3 is 4.57 Å². The van der Waals surface area contributed by atoms with E-state index in [-0.39, 0.29) is 6.04 Å². The van der Waals surface area contributed by atoms with E-state index in [1.807, 2.05) is 29.5 Å². The van der Waals surface area contributed by atoms with Gasteiger partial charge in [0, 0.05) is 38.1 Å². The highest BCUT2D eigenvalue weighted by Gasteiger charge is 2.29. The van der Waals surface area contributed by atoms with Crippen molar-refractivity contribution in [1.29, 1.82) is 0 Å². The van der Waals surface area contributed by atoms with Crippen molar-refractivity contribution in [3.63, 3.8) is 0 Å². The number of benzene rings is 1. The Hall–Kier alpha value is -3.03. The first kappa shape index (κ1) is 25.6. The van der Waals surface area contributed by atoms with Gasteiger partial charge in [0.15, 0.2) is 5.82 Å². The Kier molecular flexibility index (Phi) is 8.98. The molecule has 5 rings (SSSR count). The average Bonchev–Trinajstić information content (AvgIpc) is 3.70. The molecular weight excluding hydrogens is 458 g/mol. The van der Waals surface area contributed by atoms with E-state index in [4.69, 9.17) is 5.10 Å². The number of hydrogen-bond acceptors (Lipinski definition) is 5. The Morgan fingerprint density at radius 2 is 1.89 bits per heavy atom. The highest BCUT2D eigenvalue weighted by atomic mass is 15.3. The SMILES string of the molecule is CC/C=C(\C=C/CC(c1nncn1Cc1ccccc1)N1CCCN(C2CCCC2)CC1)n1cccn1. The smallest absolute Gasteiger partial charge is 0.150 e. The average molecular weight is 500 g/mol. The highest BCUT2D eigenvalue weighted by Crippen LogP contribution is 2.29. The first-order valence-electron chi connectivity index (χ1n) is 14.1. The molecule has 1 aliphatic carbocycles. The molecule has 0 bridgehead atoms. The molecule has 0 radical (unpaired) electrons. The number of nitrogens with zero attached hydrogens (tertiary/aromatic N) is 7. The molecule has 1 saturated heterocycles. The molecule has 2 fully saturated rings. The van der Waals surface area contributed by atoms with Gasteiger partial charge in [0.05, 0.1) is 18.3 Å². The van der Waals surface area contributed by atoms with Crippen molar-refractivity contribution in [2.24, 2.45) is 0 Å². The van der Waals surface area contributed by atoms with Crippen molar-refractivity contribution in [2.75, 3.05) is 26.2 Å². The van der Waals surface area contributed by atoms with E-state index >= 15 is 0 Å². The zero-order valence-electron chi connectivity index (χ0n) is 22.2. The standard InChI is InChI=1S/C30H41N7/c1-2-11-28(37-21-9-18-32-37)16-8-17-29(30-33-31-25-36(30)24-26-12-4-3-5-13-26)35-20-10-19-34(22-23-35)27-14-6-7-15-27/h3-5,8-9,11-13,16,18,21,25,27,29H,2,6-7,10,14-15,17,19-20,22-24H2,1H3/b16-8-,28-11+. The van der Waals surface area contributed by atoms with E-state index in [0.717, 1.165) is 56.6 Å². The highest BCUT2D eigenvalue weighted by molar-refractivity contribution is 5.55. The molecule has 0 spiro atoms. The maximum Gasteiger partial charge on any atom is 0.150 e. The van der Waals surface area contributed by atoms with Gasteiger partial charge in [0.1, 0.15) is 6.33 Å². The van der Waals surface area contributed by atoms with Crippen LogP contribution >= 0.6 is 0 Å². The van der Waals surface area contributed by atoms with Gasteiger partial charge in [-0.15, -0.1) is 10.2 Å². The molecule has 2 aliphatic rings. The second kappa shape index (κ2) is 13.0. The topological polar surface area (TPSA) is 55.0 Å². The Balaban J connectivity index is 1.37. The van der Waals surface area contributed by atoms with Crippen LogP contribution in [0.1, 0.15) is 69.3 Å². The van der Waals surface area contributed by atoms with Gasteiger partial charge in [-0.2, -0.15) is 5.10 Å². The normalized spacial score (nSPS) is 19.5. The summed E-state index contributed by atoms with van der Waals surface area (Å²) in [5.41, 5.74) is 2.38. The van der Waals surface area contributed by atoms with Crippen LogP contribution < -0.4 is 0 Å². The van der Waals surface area contributed by atoms with Crippen molar-refractivity contribution < 1.29 is 0 Å². The molecule has 1 atom stereocenters. The largest absolute Gasteiger partial charge is 0.312 e. The molecule has 7 nitrogen and oxygen atoms in total. The summed E-state index contributed by atoms with van der Waals surface area (Å²) in [6.45, 7) is 7.48. The monoisotopic (exact) mass is 499 g/mol. The van der Waals surface area contributed by atoms with Crippen molar-refractivity contribution in [3.8, 4) is 0 Å². The van der Waals surface area contributed by atoms with Crippen molar-refractivity contribution in [3.05, 3.63) is 84.7 Å². The predicted octanol–water partition coefficient (Wildman–Crippen LogP) is 5.41. The molecule has 1 aliphatic heterocycles. The van der Waals surface area contributed by atoms with E-state index < -0.39 is 0 Å². The molecule has 1 saturated carbocycles. The van der Waals surface area contributed by atoms with Crippen molar-refractivity contribution in [1.82, 2.24) is 34.3 Å². The predicted molar refractivity (Wildman–Crippen MR) is 149 cm³/mol. The number of rotatable bonds is 10. The lowest BCUT2D eigenvalue weighted by molar-refractivity contribution is 0.172. The molecule has 0 N–H and O–H groups in total. The minimum Gasteiger partial charge on any atom is -0.312 e. The molecule has 1 unspecified atom stereocenters. The third-order valence-corrected chi connectivity index (χ3v) is 7.82. The third-order valence-electron chi connectivity index (χ3n) is 7.82. The molecule has 0 amide bonds. The van der Waals surface area contributed by atoms with Crippen molar-refractivity contribution >= 4 is 5.70 Å². The lowest BCUT2D eigenvalue weighted by Gasteiger charge is -2.31. The van der Waals surface area contributed by atoms with Crippen LogP contribution in [0.15, 0.2) is 73.3 Å². The van der Waals surface area contributed by atoms with E-state index in [1.165, 1.54) is 44.2 Å². The van der Waals surface area contributed by atoms with Gasteiger partial charge in [-0.3, -0.25) is 9.80 Å². The second-order valence-electron chi connectivity index (χ2n) is 10.3. The van der Waals surface area contributed by atoms with Crippen LogP contribution in [-0.2, 0) is 6.54 Å². The summed E-state index contributed by atoms with van der Waals surface area (Å²) in [5.74, 6) is 1.06. The first-order valence-corrected chi connectivity index (χ1v) is 14.1. The first-order chi connectivity index (χ1) is 18.3. The van der Waals surface area contributed by atoms with E-state index in [1.54, 1.807) is 0 Å². The van der Waals surface area contributed by atoms with Gasteiger partial charge in [0.25, 0.3) is 0 Å². The Morgan fingerprint density at radius 3 is 2.68 bits per heavy atom. The Labute approximate surface area is 221 Å². The fourth-order valence-electron chi connectivity index (χ4n) is 5.93. The summed E-state index contributed by atoms with van der Waals surface area (Å²) in [4.78, 5) is 5.41. The molecule has 7 heteroatoms. The molecular formula is C30H41N7. The summed E-state index contributed by atoms with van der Waals surface area (Å²) in [6, 6.07) is 13.6. The van der Waals surface area contributed by atoms with Crippen LogP contribution in [0.2, 0.25) is 0 Å². The van der Waals surface area contributed by atoms with Crippen LogP contribution in [0, 0.1) is 0 Å². The van der Waals surface area contributed by atoms with Crippen molar-refractivity contribution in [2.45, 2.75) is 70.5 Å². The molecule has 196 valence electrons. The minimum absolute atomic E-state index is 0.187. The Bertz CT molecular complexity index is 1130. The van der Waals surface area contributed by atoms with E-state index in [0.29, 0.717) is 0 Å². The van der Waals surface area contributed by atoms with Crippen LogP contribution in [0.3, 0.4) is 0 Å². The maximum atomic E-state index is 4.69. The zero-order chi connectivity index (χ0) is 25.3. The summed E-state index contributed by atoms with van der Waals surface area (Å²) in [6.07, 6.45) is 21.1. The summed E-state index contributed by atoms with van der Waals surface area (Å²) < 4.78 is 4.18. The quantitative estimate of drug-likeness (QED) is 0.349. The molecule has 1 aromatic carbocycles. The van der Waals surface area contributed by atoms with Gasteiger partial charge in [-0.25, -0.2) is 4.68 Å².